The van der Waals surface area contributed by atoms with Crippen molar-refractivity contribution >= 4 is 0 Å². The summed E-state index contributed by atoms with van der Waals surface area (Å²) in [6.07, 6.45) is 0. The van der Waals surface area contributed by atoms with E-state index in [1.54, 1.807) is 26.4 Å². The van der Waals surface area contributed by atoms with Crippen LogP contribution in [0.4, 0.5) is 4.39 Å². The first kappa shape index (κ1) is 17.8. The molecule has 1 heterocycles. The molecule has 0 bridgehead atoms. The van der Waals surface area contributed by atoms with Crippen LogP contribution in [0.5, 0.6) is 11.5 Å². The zero-order valence-corrected chi connectivity index (χ0v) is 15.6. The summed E-state index contributed by atoms with van der Waals surface area (Å²) in [7, 11) is 3.22. The van der Waals surface area contributed by atoms with Gasteiger partial charge in [0.05, 0.1) is 31.2 Å². The number of hydrogen-bond acceptors (Lipinski definition) is 3. The fourth-order valence-corrected chi connectivity index (χ4v) is 3.13. The van der Waals surface area contributed by atoms with Gasteiger partial charge in [-0.15, -0.1) is 0 Å². The predicted molar refractivity (Wildman–Crippen MR) is 108 cm³/mol. The lowest BCUT2D eigenvalue weighted by molar-refractivity contribution is 0.395. The highest BCUT2D eigenvalue weighted by atomic mass is 19.1. The SMILES string of the molecule is COc1ccc(-c2nc(-c3ccc(F)cc3)c(-c3ccccc3)[nH]2)c(OC)c1. The van der Waals surface area contributed by atoms with Crippen molar-refractivity contribution in [3.63, 3.8) is 0 Å². The Morgan fingerprint density at radius 2 is 1.57 bits per heavy atom. The minimum absolute atomic E-state index is 0.280. The predicted octanol–water partition coefficient (Wildman–Crippen LogP) is 5.57. The van der Waals surface area contributed by atoms with E-state index in [0.717, 1.165) is 28.1 Å². The van der Waals surface area contributed by atoms with Crippen molar-refractivity contribution in [2.75, 3.05) is 14.2 Å². The molecule has 4 rings (SSSR count). The van der Waals surface area contributed by atoms with Gasteiger partial charge in [-0.2, -0.15) is 0 Å². The molecule has 0 spiro atoms. The van der Waals surface area contributed by atoms with E-state index in [1.807, 2.05) is 48.5 Å². The number of methoxy groups -OCH3 is 2. The number of ether oxygens (including phenoxy) is 2. The Morgan fingerprint density at radius 3 is 2.25 bits per heavy atom. The van der Waals surface area contributed by atoms with Crippen LogP contribution in [-0.4, -0.2) is 24.2 Å². The summed E-state index contributed by atoms with van der Waals surface area (Å²) in [5.74, 6) is 1.74. The maximum atomic E-state index is 13.4. The Kier molecular flexibility index (Phi) is 4.81. The van der Waals surface area contributed by atoms with Gasteiger partial charge in [0.1, 0.15) is 23.1 Å². The maximum Gasteiger partial charge on any atom is 0.142 e. The second-order valence-electron chi connectivity index (χ2n) is 6.25. The van der Waals surface area contributed by atoms with Crippen LogP contribution in [-0.2, 0) is 0 Å². The van der Waals surface area contributed by atoms with Gasteiger partial charge in [0.15, 0.2) is 0 Å². The number of benzene rings is 3. The van der Waals surface area contributed by atoms with E-state index in [-0.39, 0.29) is 5.82 Å². The van der Waals surface area contributed by atoms with E-state index >= 15 is 0 Å². The molecule has 0 fully saturated rings. The number of aromatic nitrogens is 2. The van der Waals surface area contributed by atoms with E-state index in [2.05, 4.69) is 4.98 Å². The van der Waals surface area contributed by atoms with Crippen molar-refractivity contribution in [2.45, 2.75) is 0 Å². The lowest BCUT2D eigenvalue weighted by atomic mass is 10.1. The minimum atomic E-state index is -0.280. The normalized spacial score (nSPS) is 10.7. The molecule has 140 valence electrons. The van der Waals surface area contributed by atoms with Crippen LogP contribution in [0.1, 0.15) is 0 Å². The second kappa shape index (κ2) is 7.56. The molecule has 0 atom stereocenters. The van der Waals surface area contributed by atoms with Crippen molar-refractivity contribution in [3.8, 4) is 45.4 Å². The van der Waals surface area contributed by atoms with Crippen LogP contribution in [0, 0.1) is 5.82 Å². The summed E-state index contributed by atoms with van der Waals surface area (Å²) in [4.78, 5) is 8.24. The number of imidazole rings is 1. The Bertz CT molecular complexity index is 1090. The van der Waals surface area contributed by atoms with Gasteiger partial charge in [0, 0.05) is 17.2 Å². The van der Waals surface area contributed by atoms with Crippen LogP contribution < -0.4 is 9.47 Å². The standard InChI is InChI=1S/C23H19FN2O2/c1-27-18-12-13-19(20(14-18)28-2)23-25-21(15-6-4-3-5-7-15)22(26-23)16-8-10-17(24)11-9-16/h3-14H,1-2H3,(H,25,26). The number of aromatic amines is 1. The lowest BCUT2D eigenvalue weighted by Crippen LogP contribution is -1.91. The van der Waals surface area contributed by atoms with Crippen molar-refractivity contribution in [2.24, 2.45) is 0 Å². The van der Waals surface area contributed by atoms with E-state index in [0.29, 0.717) is 17.3 Å². The first-order valence-corrected chi connectivity index (χ1v) is 8.83. The van der Waals surface area contributed by atoms with E-state index in [9.17, 15) is 4.39 Å². The number of H-pyrrole nitrogens is 1. The first-order chi connectivity index (χ1) is 13.7. The van der Waals surface area contributed by atoms with Crippen molar-refractivity contribution < 1.29 is 13.9 Å². The van der Waals surface area contributed by atoms with Crippen molar-refractivity contribution in [1.82, 2.24) is 9.97 Å². The number of halogens is 1. The van der Waals surface area contributed by atoms with Gasteiger partial charge in [-0.1, -0.05) is 30.3 Å². The molecule has 0 aliphatic heterocycles. The average Bonchev–Trinajstić information content (AvgIpc) is 3.19. The Balaban J connectivity index is 1.90. The third-order valence-corrected chi connectivity index (χ3v) is 4.55. The van der Waals surface area contributed by atoms with Gasteiger partial charge in [-0.3, -0.25) is 0 Å². The topological polar surface area (TPSA) is 47.1 Å². The number of nitrogens with one attached hydrogen (secondary N) is 1. The van der Waals surface area contributed by atoms with Crippen LogP contribution in [0.3, 0.4) is 0 Å². The summed E-state index contributed by atoms with van der Waals surface area (Å²) in [6.45, 7) is 0. The Labute approximate surface area is 162 Å². The molecule has 0 amide bonds. The van der Waals surface area contributed by atoms with Gasteiger partial charge in [0.2, 0.25) is 0 Å². The van der Waals surface area contributed by atoms with Crippen molar-refractivity contribution in [3.05, 3.63) is 78.6 Å². The number of rotatable bonds is 5. The molecule has 0 aliphatic carbocycles. The monoisotopic (exact) mass is 374 g/mol. The highest BCUT2D eigenvalue weighted by Crippen LogP contribution is 2.37. The quantitative estimate of drug-likeness (QED) is 0.497. The van der Waals surface area contributed by atoms with Crippen LogP contribution in [0.2, 0.25) is 0 Å². The van der Waals surface area contributed by atoms with Gasteiger partial charge < -0.3 is 14.5 Å². The zero-order valence-electron chi connectivity index (χ0n) is 15.6. The summed E-state index contributed by atoms with van der Waals surface area (Å²) >= 11 is 0. The number of hydrogen-bond donors (Lipinski definition) is 1. The average molecular weight is 374 g/mol. The molecule has 4 aromatic rings. The van der Waals surface area contributed by atoms with Gasteiger partial charge in [-0.25, -0.2) is 9.37 Å². The molecule has 1 N–H and O–H groups in total. The molecule has 3 aromatic carbocycles. The molecular formula is C23H19FN2O2. The molecule has 0 aliphatic rings. The summed E-state index contributed by atoms with van der Waals surface area (Å²) in [5.41, 5.74) is 4.25. The highest BCUT2D eigenvalue weighted by Gasteiger charge is 2.18. The third-order valence-electron chi connectivity index (χ3n) is 4.55. The Morgan fingerprint density at radius 1 is 0.821 bits per heavy atom. The van der Waals surface area contributed by atoms with Crippen LogP contribution in [0.15, 0.2) is 72.8 Å². The molecule has 0 saturated heterocycles. The van der Waals surface area contributed by atoms with Crippen LogP contribution >= 0.6 is 0 Å². The fraction of sp³-hybridized carbons (Fsp3) is 0.0870. The zero-order chi connectivity index (χ0) is 19.5. The minimum Gasteiger partial charge on any atom is -0.497 e. The van der Waals surface area contributed by atoms with E-state index in [4.69, 9.17) is 14.5 Å². The van der Waals surface area contributed by atoms with Gasteiger partial charge >= 0.3 is 0 Å². The highest BCUT2D eigenvalue weighted by molar-refractivity contribution is 5.82. The molecule has 5 heteroatoms. The summed E-state index contributed by atoms with van der Waals surface area (Å²) < 4.78 is 24.2. The Hall–Kier alpha value is -3.60. The van der Waals surface area contributed by atoms with E-state index in [1.165, 1.54) is 12.1 Å². The van der Waals surface area contributed by atoms with E-state index < -0.39 is 0 Å². The van der Waals surface area contributed by atoms with Crippen molar-refractivity contribution in [1.29, 1.82) is 0 Å². The fourth-order valence-electron chi connectivity index (χ4n) is 3.13. The molecule has 0 radical (unpaired) electrons. The van der Waals surface area contributed by atoms with Gasteiger partial charge in [-0.05, 0) is 36.4 Å². The van der Waals surface area contributed by atoms with Gasteiger partial charge in [0.25, 0.3) is 0 Å². The van der Waals surface area contributed by atoms with Crippen LogP contribution in [0.25, 0.3) is 33.9 Å². The molecule has 0 unspecified atom stereocenters. The summed E-state index contributed by atoms with van der Waals surface area (Å²) in [5, 5.41) is 0. The lowest BCUT2D eigenvalue weighted by Gasteiger charge is -2.08. The molecule has 4 nitrogen and oxygen atoms in total. The number of nitrogens with zero attached hydrogens (tertiary/aromatic N) is 1. The second-order valence-corrected chi connectivity index (χ2v) is 6.25. The molecule has 28 heavy (non-hydrogen) atoms. The molecule has 1 aromatic heterocycles. The molecular weight excluding hydrogens is 355 g/mol. The third kappa shape index (κ3) is 3.34. The smallest absolute Gasteiger partial charge is 0.142 e. The largest absolute Gasteiger partial charge is 0.497 e. The molecule has 0 saturated carbocycles. The first-order valence-electron chi connectivity index (χ1n) is 8.83. The maximum absolute atomic E-state index is 13.4. The summed E-state index contributed by atoms with van der Waals surface area (Å²) in [6, 6.07) is 21.8.